The Bertz CT molecular complexity index is 406. The van der Waals surface area contributed by atoms with Crippen LogP contribution in [0.5, 0.6) is 5.75 Å². The van der Waals surface area contributed by atoms with Crippen molar-refractivity contribution in [3.63, 3.8) is 0 Å². The molecular weight excluding hydrogens is 214 g/mol. The van der Waals surface area contributed by atoms with Crippen LogP contribution in [0.25, 0.3) is 0 Å². The van der Waals surface area contributed by atoms with Gasteiger partial charge in [0, 0.05) is 12.2 Å². The average molecular weight is 237 g/mol. The molecule has 0 spiro atoms. The molecule has 3 heteroatoms. The largest absolute Gasteiger partial charge is 0.496 e. The maximum absolute atomic E-state index is 9.74. The standard InChI is InChI=1S/C14H23NO2/c1-9-7-12(17-6)10(2)11(3)13(9)15-8-14(4,5)16/h7,15-16H,8H2,1-6H3. The minimum Gasteiger partial charge on any atom is -0.496 e. The molecule has 0 aliphatic rings. The van der Waals surface area contributed by atoms with E-state index in [1.165, 1.54) is 5.56 Å². The van der Waals surface area contributed by atoms with Gasteiger partial charge in [-0.15, -0.1) is 0 Å². The lowest BCUT2D eigenvalue weighted by molar-refractivity contribution is 0.0945. The number of ether oxygens (including phenoxy) is 1. The summed E-state index contributed by atoms with van der Waals surface area (Å²) in [6.07, 6.45) is 0. The molecule has 0 aliphatic carbocycles. The fraction of sp³-hybridized carbons (Fsp3) is 0.571. The second-order valence-electron chi connectivity index (χ2n) is 5.19. The second-order valence-corrected chi connectivity index (χ2v) is 5.19. The first-order valence-electron chi connectivity index (χ1n) is 5.87. The van der Waals surface area contributed by atoms with Crippen LogP contribution >= 0.6 is 0 Å². The number of aliphatic hydroxyl groups is 1. The Morgan fingerprint density at radius 1 is 1.24 bits per heavy atom. The van der Waals surface area contributed by atoms with Crippen LogP contribution in [0.1, 0.15) is 30.5 Å². The summed E-state index contributed by atoms with van der Waals surface area (Å²) in [5, 5.41) is 13.1. The molecule has 0 aliphatic heterocycles. The quantitative estimate of drug-likeness (QED) is 0.846. The van der Waals surface area contributed by atoms with E-state index in [0.29, 0.717) is 6.54 Å². The summed E-state index contributed by atoms with van der Waals surface area (Å²) in [6.45, 7) is 10.3. The highest BCUT2D eigenvalue weighted by atomic mass is 16.5. The van der Waals surface area contributed by atoms with E-state index >= 15 is 0 Å². The van der Waals surface area contributed by atoms with Gasteiger partial charge in [0.1, 0.15) is 5.75 Å². The highest BCUT2D eigenvalue weighted by Crippen LogP contribution is 2.31. The first kappa shape index (κ1) is 13.8. The van der Waals surface area contributed by atoms with Gasteiger partial charge in [0.05, 0.1) is 12.7 Å². The maximum atomic E-state index is 9.74. The Hall–Kier alpha value is -1.22. The van der Waals surface area contributed by atoms with E-state index in [2.05, 4.69) is 12.2 Å². The van der Waals surface area contributed by atoms with Gasteiger partial charge in [-0.25, -0.2) is 0 Å². The zero-order valence-corrected chi connectivity index (χ0v) is 11.6. The molecule has 17 heavy (non-hydrogen) atoms. The van der Waals surface area contributed by atoms with Crippen LogP contribution in [0.15, 0.2) is 6.07 Å². The topological polar surface area (TPSA) is 41.5 Å². The van der Waals surface area contributed by atoms with E-state index in [9.17, 15) is 5.11 Å². The van der Waals surface area contributed by atoms with Crippen molar-refractivity contribution in [2.75, 3.05) is 19.0 Å². The third kappa shape index (κ3) is 3.37. The third-order valence-corrected chi connectivity index (χ3v) is 2.97. The molecule has 1 aromatic rings. The third-order valence-electron chi connectivity index (χ3n) is 2.97. The van der Waals surface area contributed by atoms with E-state index in [1.807, 2.05) is 19.9 Å². The van der Waals surface area contributed by atoms with Gasteiger partial charge in [-0.1, -0.05) is 0 Å². The van der Waals surface area contributed by atoms with Gasteiger partial charge in [-0.05, 0) is 57.4 Å². The van der Waals surface area contributed by atoms with Crippen molar-refractivity contribution in [2.45, 2.75) is 40.2 Å². The van der Waals surface area contributed by atoms with Crippen molar-refractivity contribution < 1.29 is 9.84 Å². The van der Waals surface area contributed by atoms with E-state index in [1.54, 1.807) is 21.0 Å². The van der Waals surface area contributed by atoms with Crippen molar-refractivity contribution in [3.8, 4) is 5.75 Å². The average Bonchev–Trinajstić information content (AvgIpc) is 2.21. The van der Waals surface area contributed by atoms with Crippen molar-refractivity contribution in [1.82, 2.24) is 0 Å². The first-order valence-corrected chi connectivity index (χ1v) is 5.87. The molecule has 0 amide bonds. The lowest BCUT2D eigenvalue weighted by Gasteiger charge is -2.22. The van der Waals surface area contributed by atoms with Gasteiger partial charge in [-0.3, -0.25) is 0 Å². The summed E-state index contributed by atoms with van der Waals surface area (Å²) in [5.41, 5.74) is 3.81. The molecule has 3 nitrogen and oxygen atoms in total. The molecule has 0 radical (unpaired) electrons. The smallest absolute Gasteiger partial charge is 0.122 e. The Morgan fingerprint density at radius 3 is 2.29 bits per heavy atom. The van der Waals surface area contributed by atoms with Gasteiger partial charge in [0.15, 0.2) is 0 Å². The van der Waals surface area contributed by atoms with Crippen LogP contribution in [-0.4, -0.2) is 24.4 Å². The Labute approximate surface area is 104 Å². The molecule has 0 bridgehead atoms. The second kappa shape index (κ2) is 4.96. The molecule has 96 valence electrons. The van der Waals surface area contributed by atoms with Crippen LogP contribution < -0.4 is 10.1 Å². The molecule has 0 unspecified atom stereocenters. The van der Waals surface area contributed by atoms with Gasteiger partial charge in [-0.2, -0.15) is 0 Å². The van der Waals surface area contributed by atoms with Crippen LogP contribution in [0.3, 0.4) is 0 Å². The summed E-state index contributed by atoms with van der Waals surface area (Å²) in [6, 6.07) is 2.02. The fourth-order valence-electron chi connectivity index (χ4n) is 1.83. The minimum atomic E-state index is -0.716. The Morgan fingerprint density at radius 2 is 1.82 bits per heavy atom. The molecule has 0 atom stereocenters. The summed E-state index contributed by atoms with van der Waals surface area (Å²) in [5.74, 6) is 0.911. The zero-order chi connectivity index (χ0) is 13.2. The molecular formula is C14H23NO2. The van der Waals surface area contributed by atoms with E-state index < -0.39 is 5.60 Å². The SMILES string of the molecule is COc1cc(C)c(NCC(C)(C)O)c(C)c1C. The van der Waals surface area contributed by atoms with E-state index in [4.69, 9.17) is 4.74 Å². The van der Waals surface area contributed by atoms with Gasteiger partial charge < -0.3 is 15.2 Å². The summed E-state index contributed by atoms with van der Waals surface area (Å²) >= 11 is 0. The number of nitrogens with one attached hydrogen (secondary N) is 1. The lowest BCUT2D eigenvalue weighted by atomic mass is 10.0. The van der Waals surface area contributed by atoms with Crippen molar-refractivity contribution >= 4 is 5.69 Å². The summed E-state index contributed by atoms with van der Waals surface area (Å²) in [7, 11) is 1.69. The maximum Gasteiger partial charge on any atom is 0.122 e. The monoisotopic (exact) mass is 237 g/mol. The first-order chi connectivity index (χ1) is 7.76. The number of anilines is 1. The van der Waals surface area contributed by atoms with Crippen LogP contribution in [0.4, 0.5) is 5.69 Å². The Balaban J connectivity index is 3.05. The molecule has 2 N–H and O–H groups in total. The number of rotatable bonds is 4. The number of hydrogen-bond donors (Lipinski definition) is 2. The number of hydrogen-bond acceptors (Lipinski definition) is 3. The molecule has 0 saturated carbocycles. The van der Waals surface area contributed by atoms with Crippen LogP contribution in [0, 0.1) is 20.8 Å². The van der Waals surface area contributed by atoms with E-state index in [-0.39, 0.29) is 0 Å². The van der Waals surface area contributed by atoms with Crippen molar-refractivity contribution in [3.05, 3.63) is 22.8 Å². The van der Waals surface area contributed by atoms with Crippen molar-refractivity contribution in [1.29, 1.82) is 0 Å². The summed E-state index contributed by atoms with van der Waals surface area (Å²) < 4.78 is 5.33. The number of aryl methyl sites for hydroxylation is 1. The molecule has 0 fully saturated rings. The predicted octanol–water partition coefficient (Wildman–Crippen LogP) is 2.80. The lowest BCUT2D eigenvalue weighted by Crippen LogP contribution is -2.29. The Kier molecular flexibility index (Phi) is 4.04. The highest BCUT2D eigenvalue weighted by Gasteiger charge is 2.15. The molecule has 0 saturated heterocycles. The van der Waals surface area contributed by atoms with Gasteiger partial charge in [0.25, 0.3) is 0 Å². The molecule has 0 heterocycles. The molecule has 1 aromatic carbocycles. The minimum absolute atomic E-state index is 0.528. The van der Waals surface area contributed by atoms with Gasteiger partial charge in [0.2, 0.25) is 0 Å². The van der Waals surface area contributed by atoms with Crippen LogP contribution in [-0.2, 0) is 0 Å². The molecule has 0 aromatic heterocycles. The predicted molar refractivity (Wildman–Crippen MR) is 72.0 cm³/mol. The van der Waals surface area contributed by atoms with Crippen molar-refractivity contribution in [2.24, 2.45) is 0 Å². The number of methoxy groups -OCH3 is 1. The van der Waals surface area contributed by atoms with E-state index in [0.717, 1.165) is 22.6 Å². The fourth-order valence-corrected chi connectivity index (χ4v) is 1.83. The highest BCUT2D eigenvalue weighted by molar-refractivity contribution is 5.63. The zero-order valence-electron chi connectivity index (χ0n) is 11.6. The normalized spacial score (nSPS) is 11.5. The number of benzene rings is 1. The molecule has 1 rings (SSSR count). The van der Waals surface area contributed by atoms with Crippen LogP contribution in [0.2, 0.25) is 0 Å². The summed E-state index contributed by atoms with van der Waals surface area (Å²) in [4.78, 5) is 0. The van der Waals surface area contributed by atoms with Gasteiger partial charge >= 0.3 is 0 Å².